The van der Waals surface area contributed by atoms with Crippen LogP contribution in [0, 0.1) is 5.92 Å². The van der Waals surface area contributed by atoms with Gasteiger partial charge in [-0.25, -0.2) is 0 Å². The Labute approximate surface area is 273 Å². The Morgan fingerprint density at radius 3 is 1.84 bits per heavy atom. The van der Waals surface area contributed by atoms with Crippen LogP contribution in [-0.2, 0) is 16.1 Å². The molecule has 0 bridgehead atoms. The van der Waals surface area contributed by atoms with Gasteiger partial charge in [-0.1, -0.05) is 112 Å². The van der Waals surface area contributed by atoms with E-state index in [9.17, 15) is 9.59 Å². The Kier molecular flexibility index (Phi) is 24.1. The molecule has 1 rings (SSSR count). The van der Waals surface area contributed by atoms with Gasteiger partial charge in [0.2, 0.25) is 5.91 Å². The Bertz CT molecular complexity index is 1150. The van der Waals surface area contributed by atoms with E-state index in [1.807, 2.05) is 12.1 Å². The summed E-state index contributed by atoms with van der Waals surface area (Å²) in [6.45, 7) is 6.87. The molecule has 0 heterocycles. The van der Waals surface area contributed by atoms with Gasteiger partial charge >= 0.3 is 5.97 Å². The van der Waals surface area contributed by atoms with Gasteiger partial charge in [-0.15, -0.1) is 0 Å². The van der Waals surface area contributed by atoms with Crippen molar-refractivity contribution in [3.05, 3.63) is 109 Å². The molecule has 1 aromatic rings. The summed E-state index contributed by atoms with van der Waals surface area (Å²) in [5.41, 5.74) is 0.887. The van der Waals surface area contributed by atoms with Crippen LogP contribution in [0.3, 0.4) is 0 Å². The van der Waals surface area contributed by atoms with Crippen molar-refractivity contribution >= 4 is 11.9 Å². The summed E-state index contributed by atoms with van der Waals surface area (Å²) in [4.78, 5) is 24.5. The van der Waals surface area contributed by atoms with E-state index in [2.05, 4.69) is 105 Å². The lowest BCUT2D eigenvalue weighted by molar-refractivity contribution is -0.134. The number of methoxy groups -OCH3 is 1. The van der Waals surface area contributed by atoms with Crippen molar-refractivity contribution in [3.63, 3.8) is 0 Å². The standard InChI is InChI=1S/C40H57NO4/c1-5-6-7-8-9-10-11-12-13-14-15-16-17-18-19-20-21-22-27-30-40(43)45-37-32-31-36(33-38(37)44-4)34-41-39(42)29-26-24-23-25-28-35(2)3/h6-7,9-10,12-13,15-16,18-19,21-22,25,28,31-33,35H,5,8,11,14,17,20,23-24,26-27,29-30,34H2,1-4H3,(H,41,42)/b7-6-,10-9-,13-12-,16-15-,19-18-,22-21-,28-25+. The van der Waals surface area contributed by atoms with Crippen molar-refractivity contribution in [3.8, 4) is 11.5 Å². The maximum Gasteiger partial charge on any atom is 0.311 e. The Morgan fingerprint density at radius 2 is 1.29 bits per heavy atom. The third kappa shape index (κ3) is 23.2. The number of esters is 1. The Balaban J connectivity index is 2.22. The predicted octanol–water partition coefficient (Wildman–Crippen LogP) is 10.5. The number of allylic oxidation sites excluding steroid dienone is 14. The molecule has 0 spiro atoms. The first-order chi connectivity index (χ1) is 22.0. The van der Waals surface area contributed by atoms with E-state index in [1.165, 1.54) is 0 Å². The third-order valence-corrected chi connectivity index (χ3v) is 6.60. The van der Waals surface area contributed by atoms with Crippen LogP contribution in [0.4, 0.5) is 0 Å². The number of rotatable bonds is 24. The summed E-state index contributed by atoms with van der Waals surface area (Å²) in [7, 11) is 1.54. The summed E-state index contributed by atoms with van der Waals surface area (Å²) in [6, 6.07) is 5.36. The number of ether oxygens (including phenoxy) is 2. The van der Waals surface area contributed by atoms with Gasteiger partial charge in [0.05, 0.1) is 7.11 Å². The lowest BCUT2D eigenvalue weighted by atomic mass is 10.1. The van der Waals surface area contributed by atoms with E-state index >= 15 is 0 Å². The molecular weight excluding hydrogens is 558 g/mol. The van der Waals surface area contributed by atoms with Gasteiger partial charge in [-0.05, 0) is 87.8 Å². The fourth-order valence-electron chi connectivity index (χ4n) is 4.13. The number of hydrogen-bond acceptors (Lipinski definition) is 4. The second-order valence-electron chi connectivity index (χ2n) is 11.1. The molecule has 0 aromatic heterocycles. The van der Waals surface area contributed by atoms with Gasteiger partial charge in [0.25, 0.3) is 0 Å². The molecule has 0 aliphatic rings. The third-order valence-electron chi connectivity index (χ3n) is 6.60. The number of carbonyl (C=O) groups excluding carboxylic acids is 2. The number of carbonyl (C=O) groups is 2. The van der Waals surface area contributed by atoms with Crippen molar-refractivity contribution in [2.24, 2.45) is 5.92 Å². The topological polar surface area (TPSA) is 64.6 Å². The van der Waals surface area contributed by atoms with E-state index in [4.69, 9.17) is 9.47 Å². The number of hydrogen-bond donors (Lipinski definition) is 1. The average Bonchev–Trinajstić information content (AvgIpc) is 3.03. The fraction of sp³-hybridized carbons (Fsp3) is 0.450. The molecule has 246 valence electrons. The highest BCUT2D eigenvalue weighted by Crippen LogP contribution is 2.28. The van der Waals surface area contributed by atoms with Crippen LogP contribution in [0.2, 0.25) is 0 Å². The molecule has 0 aliphatic carbocycles. The van der Waals surface area contributed by atoms with E-state index in [-0.39, 0.29) is 18.3 Å². The largest absolute Gasteiger partial charge is 0.493 e. The quantitative estimate of drug-likeness (QED) is 0.0544. The molecule has 0 aliphatic heterocycles. The second kappa shape index (κ2) is 27.7. The van der Waals surface area contributed by atoms with E-state index in [1.54, 1.807) is 19.2 Å². The van der Waals surface area contributed by atoms with Gasteiger partial charge in [-0.3, -0.25) is 9.59 Å². The molecule has 5 nitrogen and oxygen atoms in total. The summed E-state index contributed by atoms with van der Waals surface area (Å²) >= 11 is 0. The second-order valence-corrected chi connectivity index (χ2v) is 11.1. The number of benzene rings is 1. The highest BCUT2D eigenvalue weighted by atomic mass is 16.6. The molecule has 0 saturated carbocycles. The maximum atomic E-state index is 12.4. The smallest absolute Gasteiger partial charge is 0.311 e. The lowest BCUT2D eigenvalue weighted by Crippen LogP contribution is -2.22. The van der Waals surface area contributed by atoms with Crippen molar-refractivity contribution in [2.75, 3.05) is 7.11 Å². The summed E-state index contributed by atoms with van der Waals surface area (Å²) in [6.07, 6.45) is 40.4. The number of amides is 1. The fourth-order valence-corrected chi connectivity index (χ4v) is 4.13. The van der Waals surface area contributed by atoms with E-state index < -0.39 is 0 Å². The first kappa shape index (κ1) is 39.2. The SMILES string of the molecule is CC/C=C\C/C=C\C/C=C\C/C=C\C/C=C\C/C=C\CCC(=O)Oc1ccc(CNC(=O)CCCC/C=C/C(C)C)cc1OC. The first-order valence-electron chi connectivity index (χ1n) is 16.7. The first-order valence-corrected chi connectivity index (χ1v) is 16.7. The molecule has 1 N–H and O–H groups in total. The number of unbranched alkanes of at least 4 members (excludes halogenated alkanes) is 2. The minimum Gasteiger partial charge on any atom is -0.493 e. The maximum absolute atomic E-state index is 12.4. The van der Waals surface area contributed by atoms with Crippen molar-refractivity contribution < 1.29 is 19.1 Å². The van der Waals surface area contributed by atoms with Crippen LogP contribution in [-0.4, -0.2) is 19.0 Å². The van der Waals surface area contributed by atoms with E-state index in [0.29, 0.717) is 36.8 Å². The molecule has 5 heteroatoms. The van der Waals surface area contributed by atoms with Crippen molar-refractivity contribution in [1.82, 2.24) is 5.32 Å². The highest BCUT2D eigenvalue weighted by Gasteiger charge is 2.11. The normalized spacial score (nSPS) is 12.5. The van der Waals surface area contributed by atoms with Gasteiger partial charge in [-0.2, -0.15) is 0 Å². The molecule has 0 radical (unpaired) electrons. The molecule has 1 aromatic carbocycles. The molecular formula is C40H57NO4. The lowest BCUT2D eigenvalue weighted by Gasteiger charge is -2.11. The minimum absolute atomic E-state index is 0.0340. The Morgan fingerprint density at radius 1 is 0.711 bits per heavy atom. The molecule has 0 atom stereocenters. The summed E-state index contributed by atoms with van der Waals surface area (Å²) in [5, 5.41) is 2.95. The van der Waals surface area contributed by atoms with Crippen molar-refractivity contribution in [1.29, 1.82) is 0 Å². The number of nitrogens with one attached hydrogen (secondary N) is 1. The van der Waals surface area contributed by atoms with Gasteiger partial charge in [0.1, 0.15) is 0 Å². The van der Waals surface area contributed by atoms with E-state index in [0.717, 1.165) is 63.4 Å². The minimum atomic E-state index is -0.308. The zero-order chi connectivity index (χ0) is 32.8. The predicted molar refractivity (Wildman–Crippen MR) is 190 cm³/mol. The molecule has 0 fully saturated rings. The summed E-state index contributed by atoms with van der Waals surface area (Å²) < 4.78 is 11.0. The molecule has 0 saturated heterocycles. The van der Waals surface area contributed by atoms with Gasteiger partial charge < -0.3 is 14.8 Å². The van der Waals surface area contributed by atoms with Crippen LogP contribution < -0.4 is 14.8 Å². The summed E-state index contributed by atoms with van der Waals surface area (Å²) in [5.74, 6) is 1.15. The van der Waals surface area contributed by atoms with Crippen LogP contribution in [0.25, 0.3) is 0 Å². The van der Waals surface area contributed by atoms with Crippen LogP contribution >= 0.6 is 0 Å². The average molecular weight is 616 g/mol. The van der Waals surface area contributed by atoms with Crippen LogP contribution in [0.1, 0.15) is 103 Å². The zero-order valence-corrected chi connectivity index (χ0v) is 28.2. The molecule has 45 heavy (non-hydrogen) atoms. The zero-order valence-electron chi connectivity index (χ0n) is 28.2. The van der Waals surface area contributed by atoms with Crippen LogP contribution in [0.15, 0.2) is 103 Å². The highest BCUT2D eigenvalue weighted by molar-refractivity contribution is 5.76. The van der Waals surface area contributed by atoms with Crippen molar-refractivity contribution in [2.45, 2.75) is 104 Å². The Hall–Kier alpha value is -3.86. The molecule has 0 unspecified atom stereocenters. The monoisotopic (exact) mass is 615 g/mol. The molecule has 1 amide bonds. The van der Waals surface area contributed by atoms with Gasteiger partial charge in [0, 0.05) is 19.4 Å². The van der Waals surface area contributed by atoms with Gasteiger partial charge in [0.15, 0.2) is 11.5 Å². The van der Waals surface area contributed by atoms with Crippen LogP contribution in [0.5, 0.6) is 11.5 Å².